The van der Waals surface area contributed by atoms with Gasteiger partial charge in [-0.25, -0.2) is 0 Å². The van der Waals surface area contributed by atoms with Gasteiger partial charge in [-0.15, -0.1) is 10.2 Å². The van der Waals surface area contributed by atoms with E-state index in [1.165, 1.54) is 51.3 Å². The van der Waals surface area contributed by atoms with Gasteiger partial charge >= 0.3 is 0 Å². The smallest absolute Gasteiger partial charge is 0.200 e. The van der Waals surface area contributed by atoms with Crippen LogP contribution in [0.15, 0.2) is 12.4 Å². The van der Waals surface area contributed by atoms with Gasteiger partial charge in [0.05, 0.1) is 11.4 Å². The molecule has 2 aliphatic heterocycles. The first-order valence-corrected chi connectivity index (χ1v) is 9.97. The summed E-state index contributed by atoms with van der Waals surface area (Å²) in [5.41, 5.74) is 3.19. The van der Waals surface area contributed by atoms with Crippen molar-refractivity contribution >= 4 is 11.3 Å². The molecule has 0 spiro atoms. The zero-order valence-electron chi connectivity index (χ0n) is 16.3. The average Bonchev–Trinajstić information content (AvgIpc) is 3.11. The maximum absolute atomic E-state index is 4.66. The molecular weight excluding hydrogens is 326 g/mol. The molecule has 0 radical (unpaired) electrons. The minimum absolute atomic E-state index is 0.395. The molecule has 4 heterocycles. The Balaban J connectivity index is 1.51. The van der Waals surface area contributed by atoms with E-state index in [2.05, 4.69) is 57.0 Å². The first-order valence-electron chi connectivity index (χ1n) is 9.97. The van der Waals surface area contributed by atoms with Crippen molar-refractivity contribution in [2.24, 2.45) is 5.92 Å². The number of nitrogens with zero attached hydrogens (tertiary/aromatic N) is 7. The Hall–Kier alpha value is -1.73. The molecule has 0 bridgehead atoms. The van der Waals surface area contributed by atoms with Crippen LogP contribution in [-0.4, -0.2) is 82.5 Å². The van der Waals surface area contributed by atoms with Crippen LogP contribution in [0.3, 0.4) is 0 Å². The Bertz CT molecular complexity index is 733. The summed E-state index contributed by atoms with van der Waals surface area (Å²) in [6.45, 7) is 12.6. The zero-order valence-corrected chi connectivity index (χ0v) is 16.3. The molecule has 0 N–H and O–H groups in total. The largest absolute Gasteiger partial charge is 0.368 e. The second-order valence-electron chi connectivity index (χ2n) is 8.27. The number of aromatic nitrogens is 4. The quantitative estimate of drug-likeness (QED) is 0.830. The van der Waals surface area contributed by atoms with E-state index in [1.807, 2.05) is 4.52 Å². The minimum atomic E-state index is 0.395. The van der Waals surface area contributed by atoms with Crippen molar-refractivity contribution in [3.63, 3.8) is 0 Å². The van der Waals surface area contributed by atoms with Crippen molar-refractivity contribution in [3.8, 4) is 0 Å². The number of fused-ring (bicyclic) bond motifs is 1. The normalized spacial score (nSPS) is 23.2. The average molecular weight is 358 g/mol. The second kappa shape index (κ2) is 7.48. The number of piperazine rings is 1. The van der Waals surface area contributed by atoms with Crippen LogP contribution >= 0.6 is 0 Å². The topological polar surface area (TPSA) is 52.8 Å². The summed E-state index contributed by atoms with van der Waals surface area (Å²) in [6, 6.07) is 2.23. The highest BCUT2D eigenvalue weighted by Crippen LogP contribution is 2.28. The zero-order chi connectivity index (χ0) is 18.1. The molecule has 2 aromatic rings. The molecule has 0 amide bonds. The molecule has 4 rings (SSSR count). The van der Waals surface area contributed by atoms with E-state index < -0.39 is 0 Å². The van der Waals surface area contributed by atoms with Gasteiger partial charge in [-0.3, -0.25) is 0 Å². The van der Waals surface area contributed by atoms with E-state index in [4.69, 9.17) is 0 Å². The second-order valence-corrected chi connectivity index (χ2v) is 8.27. The third kappa shape index (κ3) is 3.69. The maximum atomic E-state index is 4.66. The van der Waals surface area contributed by atoms with Gasteiger partial charge in [-0.05, 0) is 37.8 Å². The van der Waals surface area contributed by atoms with Gasteiger partial charge in [0, 0.05) is 45.8 Å². The van der Waals surface area contributed by atoms with Crippen LogP contribution in [0.5, 0.6) is 0 Å². The lowest BCUT2D eigenvalue weighted by Crippen LogP contribution is -2.48. The summed E-state index contributed by atoms with van der Waals surface area (Å²) in [5.74, 6) is 1.12. The molecule has 1 unspecified atom stereocenters. The van der Waals surface area contributed by atoms with Gasteiger partial charge in [-0.1, -0.05) is 13.8 Å². The van der Waals surface area contributed by atoms with Gasteiger partial charge < -0.3 is 14.7 Å². The molecule has 26 heavy (non-hydrogen) atoms. The van der Waals surface area contributed by atoms with Gasteiger partial charge in [0.2, 0.25) is 5.65 Å². The minimum Gasteiger partial charge on any atom is -0.368 e. The molecule has 7 nitrogen and oxygen atoms in total. The van der Waals surface area contributed by atoms with Gasteiger partial charge in [-0.2, -0.15) is 9.61 Å². The van der Waals surface area contributed by atoms with Gasteiger partial charge in [0.15, 0.2) is 0 Å². The lowest BCUT2D eigenvalue weighted by Gasteiger charge is -2.39. The van der Waals surface area contributed by atoms with Crippen LogP contribution in [-0.2, 0) is 0 Å². The highest BCUT2D eigenvalue weighted by atomic mass is 15.4. The predicted molar refractivity (Wildman–Crippen MR) is 104 cm³/mol. The molecule has 2 fully saturated rings. The number of piperidine rings is 1. The molecule has 1 atom stereocenters. The van der Waals surface area contributed by atoms with Crippen molar-refractivity contribution in [3.05, 3.63) is 18.1 Å². The Morgan fingerprint density at radius 3 is 2.73 bits per heavy atom. The molecule has 0 aromatic carbocycles. The van der Waals surface area contributed by atoms with Gasteiger partial charge in [0.1, 0.15) is 6.33 Å². The Morgan fingerprint density at radius 1 is 1.15 bits per heavy atom. The lowest BCUT2D eigenvalue weighted by atomic mass is 9.96. The van der Waals surface area contributed by atoms with Crippen molar-refractivity contribution < 1.29 is 0 Å². The van der Waals surface area contributed by atoms with Crippen molar-refractivity contribution in [2.45, 2.75) is 32.6 Å². The van der Waals surface area contributed by atoms with Gasteiger partial charge in [0.25, 0.3) is 0 Å². The fourth-order valence-corrected chi connectivity index (χ4v) is 4.17. The van der Waals surface area contributed by atoms with Crippen LogP contribution in [0.2, 0.25) is 0 Å². The Labute approximate surface area is 156 Å². The first kappa shape index (κ1) is 17.7. The first-order chi connectivity index (χ1) is 12.6. The predicted octanol–water partition coefficient (Wildman–Crippen LogP) is 1.71. The summed E-state index contributed by atoms with van der Waals surface area (Å²) in [7, 11) is 2.22. The van der Waals surface area contributed by atoms with E-state index in [0.29, 0.717) is 5.92 Å². The summed E-state index contributed by atoms with van der Waals surface area (Å²) in [5, 5.41) is 13.1. The number of anilines is 1. The van der Waals surface area contributed by atoms with E-state index >= 15 is 0 Å². The molecule has 2 saturated heterocycles. The number of rotatable bonds is 4. The summed E-state index contributed by atoms with van der Waals surface area (Å²) in [6.07, 6.45) is 4.29. The van der Waals surface area contributed by atoms with Crippen LogP contribution in [0.1, 0.15) is 38.3 Å². The molecule has 0 aliphatic carbocycles. The molecule has 2 aromatic heterocycles. The fraction of sp³-hybridized carbons (Fsp3) is 0.737. The monoisotopic (exact) mass is 357 g/mol. The van der Waals surface area contributed by atoms with Crippen LogP contribution < -0.4 is 4.90 Å². The van der Waals surface area contributed by atoms with E-state index in [0.717, 1.165) is 30.3 Å². The third-order valence-electron chi connectivity index (χ3n) is 5.83. The van der Waals surface area contributed by atoms with E-state index in [-0.39, 0.29) is 0 Å². The standard InChI is InChI=1S/C19H31N7/c1-15(2)17-11-18(19-21-20-14-26(19)22-17)25-6-4-5-16(13-25)12-24-9-7-23(3)8-10-24/h11,14-16H,4-10,12-13H2,1-3H3. The summed E-state index contributed by atoms with van der Waals surface area (Å²) in [4.78, 5) is 7.59. The molecule has 0 saturated carbocycles. The fourth-order valence-electron chi connectivity index (χ4n) is 4.17. The summed E-state index contributed by atoms with van der Waals surface area (Å²) >= 11 is 0. The maximum Gasteiger partial charge on any atom is 0.200 e. The third-order valence-corrected chi connectivity index (χ3v) is 5.83. The van der Waals surface area contributed by atoms with Crippen LogP contribution in [0, 0.1) is 5.92 Å². The van der Waals surface area contributed by atoms with Crippen molar-refractivity contribution in [1.82, 2.24) is 29.6 Å². The lowest BCUT2D eigenvalue weighted by molar-refractivity contribution is 0.131. The molecular formula is C19H31N7. The Kier molecular flexibility index (Phi) is 5.09. The highest BCUT2D eigenvalue weighted by Gasteiger charge is 2.26. The molecule has 2 aliphatic rings. The van der Waals surface area contributed by atoms with Crippen LogP contribution in [0.25, 0.3) is 5.65 Å². The van der Waals surface area contributed by atoms with E-state index in [9.17, 15) is 0 Å². The number of hydrogen-bond acceptors (Lipinski definition) is 6. The number of hydrogen-bond donors (Lipinski definition) is 0. The van der Waals surface area contributed by atoms with Crippen LogP contribution in [0.4, 0.5) is 5.69 Å². The summed E-state index contributed by atoms with van der Waals surface area (Å²) < 4.78 is 1.84. The van der Waals surface area contributed by atoms with Crippen molar-refractivity contribution in [2.75, 3.05) is 57.8 Å². The Morgan fingerprint density at radius 2 is 1.96 bits per heavy atom. The molecule has 7 heteroatoms. The van der Waals surface area contributed by atoms with Crippen molar-refractivity contribution in [1.29, 1.82) is 0 Å². The van der Waals surface area contributed by atoms with E-state index in [1.54, 1.807) is 6.33 Å². The SMILES string of the molecule is CC(C)c1cc(N2CCCC(CN3CCN(C)CC3)C2)c2nncn2n1. The highest BCUT2D eigenvalue weighted by molar-refractivity contribution is 5.68. The number of likely N-dealkylation sites (N-methyl/N-ethyl adjacent to an activating group) is 1. The molecule has 142 valence electrons.